The second-order valence-corrected chi connectivity index (χ2v) is 8.92. The van der Waals surface area contributed by atoms with Gasteiger partial charge in [-0.15, -0.1) is 0 Å². The van der Waals surface area contributed by atoms with Gasteiger partial charge in [-0.25, -0.2) is 14.6 Å². The third-order valence-corrected chi connectivity index (χ3v) is 6.16. The number of allylic oxidation sites excluding steroid dienone is 1. The molecule has 0 unspecified atom stereocenters. The molecule has 6 nitrogen and oxygen atoms in total. The topological polar surface area (TPSA) is 57.8 Å². The number of hydrogen-bond donors (Lipinski definition) is 0. The lowest BCUT2D eigenvalue weighted by atomic mass is 10.0. The SMILES string of the molecule is COc1cc(C=C2CCCn3nc(Cc4ccc(Br)cc4)nc32)ccc1-n1cnc(C)c1. The van der Waals surface area contributed by atoms with E-state index in [9.17, 15) is 0 Å². The van der Waals surface area contributed by atoms with Crippen molar-refractivity contribution in [3.63, 3.8) is 0 Å². The summed E-state index contributed by atoms with van der Waals surface area (Å²) in [4.78, 5) is 9.21. The minimum atomic E-state index is 0.730. The molecule has 2 aromatic carbocycles. The van der Waals surface area contributed by atoms with Crippen molar-refractivity contribution in [2.45, 2.75) is 32.7 Å². The molecule has 7 heteroatoms. The van der Waals surface area contributed by atoms with Crippen molar-refractivity contribution in [3.8, 4) is 11.4 Å². The van der Waals surface area contributed by atoms with Gasteiger partial charge in [-0.2, -0.15) is 5.10 Å². The van der Waals surface area contributed by atoms with E-state index in [4.69, 9.17) is 14.8 Å². The fourth-order valence-electron chi connectivity index (χ4n) is 4.06. The molecule has 4 aromatic rings. The van der Waals surface area contributed by atoms with E-state index in [2.05, 4.69) is 69.5 Å². The van der Waals surface area contributed by atoms with Crippen LogP contribution in [0.2, 0.25) is 0 Å². The van der Waals surface area contributed by atoms with Crippen LogP contribution in [0.4, 0.5) is 0 Å². The number of nitrogens with zero attached hydrogens (tertiary/aromatic N) is 5. The Morgan fingerprint density at radius 2 is 2.00 bits per heavy atom. The highest BCUT2D eigenvalue weighted by Gasteiger charge is 2.19. The minimum absolute atomic E-state index is 0.730. The maximum atomic E-state index is 5.67. The molecular formula is C25H24BrN5O. The van der Waals surface area contributed by atoms with Gasteiger partial charge < -0.3 is 9.30 Å². The monoisotopic (exact) mass is 489 g/mol. The Bertz CT molecular complexity index is 1290. The Balaban J connectivity index is 1.44. The first-order valence-corrected chi connectivity index (χ1v) is 11.5. The number of methoxy groups -OCH3 is 1. The highest BCUT2D eigenvalue weighted by Crippen LogP contribution is 2.30. The van der Waals surface area contributed by atoms with E-state index in [1.54, 1.807) is 7.11 Å². The lowest BCUT2D eigenvalue weighted by molar-refractivity contribution is 0.413. The van der Waals surface area contributed by atoms with Crippen LogP contribution in [0, 0.1) is 6.92 Å². The van der Waals surface area contributed by atoms with Gasteiger partial charge in [-0.05, 0) is 66.8 Å². The molecule has 3 heterocycles. The molecule has 0 amide bonds. The number of aryl methyl sites for hydroxylation is 2. The molecule has 0 spiro atoms. The summed E-state index contributed by atoms with van der Waals surface area (Å²) in [6.45, 7) is 2.88. The first kappa shape index (κ1) is 20.7. The molecule has 0 atom stereocenters. The molecule has 0 aliphatic carbocycles. The highest BCUT2D eigenvalue weighted by atomic mass is 79.9. The Morgan fingerprint density at radius 3 is 2.75 bits per heavy atom. The summed E-state index contributed by atoms with van der Waals surface area (Å²) in [7, 11) is 1.70. The number of ether oxygens (including phenoxy) is 1. The number of hydrogen-bond acceptors (Lipinski definition) is 4. The van der Waals surface area contributed by atoms with E-state index in [1.165, 1.54) is 11.1 Å². The van der Waals surface area contributed by atoms with E-state index in [-0.39, 0.29) is 0 Å². The Hall–Kier alpha value is -3.19. The van der Waals surface area contributed by atoms with Gasteiger partial charge in [0, 0.05) is 23.6 Å². The summed E-state index contributed by atoms with van der Waals surface area (Å²) < 4.78 is 10.8. The lowest BCUT2D eigenvalue weighted by Crippen LogP contribution is -2.11. The Labute approximate surface area is 195 Å². The van der Waals surface area contributed by atoms with Gasteiger partial charge in [-0.3, -0.25) is 0 Å². The summed E-state index contributed by atoms with van der Waals surface area (Å²) in [6, 6.07) is 14.6. The zero-order valence-corrected chi connectivity index (χ0v) is 19.7. The quantitative estimate of drug-likeness (QED) is 0.373. The molecular weight excluding hydrogens is 466 g/mol. The number of imidazole rings is 1. The number of benzene rings is 2. The predicted octanol–water partition coefficient (Wildman–Crippen LogP) is 5.47. The Morgan fingerprint density at radius 1 is 1.16 bits per heavy atom. The van der Waals surface area contributed by atoms with Crippen LogP contribution >= 0.6 is 15.9 Å². The molecule has 0 fully saturated rings. The van der Waals surface area contributed by atoms with Crippen molar-refractivity contribution in [2.75, 3.05) is 7.11 Å². The van der Waals surface area contributed by atoms with Crippen molar-refractivity contribution in [1.29, 1.82) is 0 Å². The van der Waals surface area contributed by atoms with Crippen LogP contribution in [0.1, 0.15) is 41.3 Å². The van der Waals surface area contributed by atoms with Crippen molar-refractivity contribution >= 4 is 27.6 Å². The highest BCUT2D eigenvalue weighted by molar-refractivity contribution is 9.10. The zero-order valence-electron chi connectivity index (χ0n) is 18.1. The molecule has 0 radical (unpaired) electrons. The largest absolute Gasteiger partial charge is 0.495 e. The van der Waals surface area contributed by atoms with Crippen LogP contribution in [-0.2, 0) is 13.0 Å². The molecule has 162 valence electrons. The van der Waals surface area contributed by atoms with Crippen molar-refractivity contribution < 1.29 is 4.74 Å². The van der Waals surface area contributed by atoms with Gasteiger partial charge in [0.05, 0.1) is 24.8 Å². The van der Waals surface area contributed by atoms with Crippen molar-refractivity contribution in [1.82, 2.24) is 24.3 Å². The van der Waals surface area contributed by atoms with Crippen LogP contribution in [0.25, 0.3) is 17.3 Å². The van der Waals surface area contributed by atoms with E-state index >= 15 is 0 Å². The maximum Gasteiger partial charge on any atom is 0.155 e. The summed E-state index contributed by atoms with van der Waals surface area (Å²) in [5.41, 5.74) is 5.44. The average molecular weight is 490 g/mol. The van der Waals surface area contributed by atoms with E-state index in [0.29, 0.717) is 0 Å². The smallest absolute Gasteiger partial charge is 0.155 e. The summed E-state index contributed by atoms with van der Waals surface area (Å²) in [5, 5.41) is 4.77. The van der Waals surface area contributed by atoms with Crippen molar-refractivity contribution in [3.05, 3.63) is 87.9 Å². The van der Waals surface area contributed by atoms with Gasteiger partial charge in [0.1, 0.15) is 5.75 Å². The third kappa shape index (κ3) is 4.25. The standard InChI is InChI=1S/C25H24BrN5O/c1-17-15-30(16-27-17)22-10-7-19(13-23(22)32-2)12-20-4-3-11-31-25(20)28-24(29-31)14-18-5-8-21(26)9-6-18/h5-10,12-13,15-16H,3-4,11,14H2,1-2H3. The fourth-order valence-corrected chi connectivity index (χ4v) is 4.33. The second-order valence-electron chi connectivity index (χ2n) is 8.00. The molecule has 2 aromatic heterocycles. The average Bonchev–Trinajstić information content (AvgIpc) is 3.41. The summed E-state index contributed by atoms with van der Waals surface area (Å²) >= 11 is 3.49. The number of rotatable bonds is 5. The molecule has 5 rings (SSSR count). The van der Waals surface area contributed by atoms with Gasteiger partial charge in [0.25, 0.3) is 0 Å². The van der Waals surface area contributed by atoms with Crippen LogP contribution < -0.4 is 4.74 Å². The molecule has 0 saturated heterocycles. The summed E-state index contributed by atoms with van der Waals surface area (Å²) in [5.74, 6) is 2.64. The normalized spacial score (nSPS) is 14.5. The van der Waals surface area contributed by atoms with Gasteiger partial charge in [0.15, 0.2) is 11.6 Å². The third-order valence-electron chi connectivity index (χ3n) is 5.63. The van der Waals surface area contributed by atoms with Gasteiger partial charge in [0.2, 0.25) is 0 Å². The first-order chi connectivity index (χ1) is 15.6. The minimum Gasteiger partial charge on any atom is -0.495 e. The molecule has 1 aliphatic rings. The Kier molecular flexibility index (Phi) is 5.66. The van der Waals surface area contributed by atoms with Crippen LogP contribution in [0.3, 0.4) is 0 Å². The molecule has 0 bridgehead atoms. The number of aromatic nitrogens is 5. The second kappa shape index (κ2) is 8.74. The van der Waals surface area contributed by atoms with Crippen LogP contribution in [0.5, 0.6) is 5.75 Å². The fraction of sp³-hybridized carbons (Fsp3) is 0.240. The lowest BCUT2D eigenvalue weighted by Gasteiger charge is -2.16. The molecule has 1 aliphatic heterocycles. The van der Waals surface area contributed by atoms with E-state index in [0.717, 1.165) is 64.6 Å². The van der Waals surface area contributed by atoms with Crippen LogP contribution in [-0.4, -0.2) is 31.4 Å². The van der Waals surface area contributed by atoms with Crippen molar-refractivity contribution in [2.24, 2.45) is 0 Å². The zero-order chi connectivity index (χ0) is 22.1. The molecule has 0 saturated carbocycles. The van der Waals surface area contributed by atoms with Gasteiger partial charge in [-0.1, -0.05) is 34.1 Å². The first-order valence-electron chi connectivity index (χ1n) is 10.7. The van der Waals surface area contributed by atoms with Crippen LogP contribution in [0.15, 0.2) is 59.5 Å². The van der Waals surface area contributed by atoms with E-state index in [1.807, 2.05) is 28.7 Å². The molecule has 0 N–H and O–H groups in total. The van der Waals surface area contributed by atoms with Gasteiger partial charge >= 0.3 is 0 Å². The van der Waals surface area contributed by atoms with E-state index < -0.39 is 0 Å². The predicted molar refractivity (Wildman–Crippen MR) is 129 cm³/mol. The number of fused-ring (bicyclic) bond motifs is 1. The summed E-state index contributed by atoms with van der Waals surface area (Å²) in [6.07, 6.45) is 8.78. The molecule has 32 heavy (non-hydrogen) atoms. The number of halogens is 1. The maximum absolute atomic E-state index is 5.67.